The summed E-state index contributed by atoms with van der Waals surface area (Å²) in [6, 6.07) is 6.72. The van der Waals surface area contributed by atoms with E-state index in [2.05, 4.69) is 20.7 Å². The molecular weight excluding hydrogens is 470 g/mol. The lowest BCUT2D eigenvalue weighted by Crippen LogP contribution is -2.61. The molecule has 15 heteroatoms. The second-order valence-corrected chi connectivity index (χ2v) is 7.97. The summed E-state index contributed by atoms with van der Waals surface area (Å²) in [5.41, 5.74) is 9.64. The first-order valence-corrected chi connectivity index (χ1v) is 10.9. The summed E-state index contributed by atoms with van der Waals surface area (Å²) in [7, 11) is 0. The van der Waals surface area contributed by atoms with Gasteiger partial charge in [0, 0.05) is 35.9 Å². The highest BCUT2D eigenvalue weighted by molar-refractivity contribution is 5.50. The van der Waals surface area contributed by atoms with E-state index in [9.17, 15) is 40.9 Å². The van der Waals surface area contributed by atoms with Gasteiger partial charge in [-0.2, -0.15) is 0 Å². The van der Waals surface area contributed by atoms with Crippen LogP contribution in [-0.2, 0) is 9.47 Å². The van der Waals surface area contributed by atoms with Gasteiger partial charge in [-0.15, -0.1) is 0 Å². The van der Waals surface area contributed by atoms with Crippen LogP contribution in [0.1, 0.15) is 0 Å². The zero-order valence-corrected chi connectivity index (χ0v) is 18.8. The average Bonchev–Trinajstić information content (AvgIpc) is 2.87. The monoisotopic (exact) mass is 503 g/mol. The smallest absolute Gasteiger partial charge is 0.187 e. The number of rotatable bonds is 14. The van der Waals surface area contributed by atoms with Gasteiger partial charge >= 0.3 is 0 Å². The first-order chi connectivity index (χ1) is 16.7. The maximum absolute atomic E-state index is 10.5. The fourth-order valence-corrected chi connectivity index (χ4v) is 3.42. The summed E-state index contributed by atoms with van der Waals surface area (Å²) in [5.74, 6) is 0. The van der Waals surface area contributed by atoms with Gasteiger partial charge < -0.3 is 61.0 Å². The number of azide groups is 1. The molecule has 1 aliphatic rings. The van der Waals surface area contributed by atoms with Gasteiger partial charge in [0.05, 0.1) is 19.3 Å². The minimum Gasteiger partial charge on any atom is -0.394 e. The van der Waals surface area contributed by atoms with E-state index in [4.69, 9.17) is 15.0 Å². The van der Waals surface area contributed by atoms with Crippen molar-refractivity contribution in [3.05, 3.63) is 34.7 Å². The standard InChI is InChI=1S/C20H33N5O10/c21-25-24-11-3-1-10(2-4-11)23-6-5-22-7-12(28)15(30)19(13(29)8-26)35-20-18(33)17(32)16(31)14(9-27)34-20/h1-4,12-20,22-23,26-33H,5-9H2/t12-,13+,14+,15+,16-,17-,18+,19+,20-/m0/s1. The van der Waals surface area contributed by atoms with E-state index < -0.39 is 68.3 Å². The van der Waals surface area contributed by atoms with Crippen LogP contribution in [0, 0.1) is 0 Å². The number of ether oxygens (including phenoxy) is 2. The Balaban J connectivity index is 1.86. The summed E-state index contributed by atoms with van der Waals surface area (Å²) in [4.78, 5) is 2.69. The van der Waals surface area contributed by atoms with Crippen molar-refractivity contribution >= 4 is 11.4 Å². The Bertz CT molecular complexity index is 797. The predicted molar refractivity (Wildman–Crippen MR) is 120 cm³/mol. The Morgan fingerprint density at radius 2 is 1.69 bits per heavy atom. The quantitative estimate of drug-likeness (QED) is 0.0524. The molecule has 35 heavy (non-hydrogen) atoms. The van der Waals surface area contributed by atoms with Gasteiger partial charge in [-0.05, 0) is 17.7 Å². The molecule has 9 atom stereocenters. The Morgan fingerprint density at radius 1 is 1.00 bits per heavy atom. The lowest BCUT2D eigenvalue weighted by Gasteiger charge is -2.42. The topological polar surface area (TPSA) is 253 Å². The van der Waals surface area contributed by atoms with Gasteiger partial charge in [-0.3, -0.25) is 0 Å². The molecule has 1 aliphatic heterocycles. The van der Waals surface area contributed by atoms with Crippen LogP contribution in [0.5, 0.6) is 0 Å². The van der Waals surface area contributed by atoms with Crippen LogP contribution in [0.15, 0.2) is 29.4 Å². The molecule has 1 heterocycles. The average molecular weight is 504 g/mol. The van der Waals surface area contributed by atoms with Gasteiger partial charge in [-0.1, -0.05) is 17.2 Å². The summed E-state index contributed by atoms with van der Waals surface area (Å²) < 4.78 is 10.6. The number of aliphatic hydroxyl groups is 8. The Kier molecular flexibility index (Phi) is 12.0. The third-order valence-electron chi connectivity index (χ3n) is 5.45. The van der Waals surface area contributed by atoms with E-state index in [0.29, 0.717) is 18.8 Å². The van der Waals surface area contributed by atoms with E-state index in [-0.39, 0.29) is 6.54 Å². The second kappa shape index (κ2) is 14.4. The van der Waals surface area contributed by atoms with Crippen molar-refractivity contribution in [2.75, 3.05) is 38.2 Å². The third kappa shape index (κ3) is 8.22. The maximum Gasteiger partial charge on any atom is 0.187 e. The number of hydrogen-bond donors (Lipinski definition) is 10. The highest BCUT2D eigenvalue weighted by Gasteiger charge is 2.46. The van der Waals surface area contributed by atoms with Crippen LogP contribution < -0.4 is 10.6 Å². The van der Waals surface area contributed by atoms with Crippen LogP contribution in [-0.4, -0.2) is 129 Å². The largest absolute Gasteiger partial charge is 0.394 e. The van der Waals surface area contributed by atoms with Crippen molar-refractivity contribution in [2.24, 2.45) is 5.11 Å². The minimum atomic E-state index is -1.80. The first kappa shape index (κ1) is 29.1. The Morgan fingerprint density at radius 3 is 2.29 bits per heavy atom. The molecule has 1 aromatic carbocycles. The molecule has 0 aromatic heterocycles. The molecule has 0 aliphatic carbocycles. The highest BCUT2D eigenvalue weighted by Crippen LogP contribution is 2.25. The van der Waals surface area contributed by atoms with Gasteiger partial charge in [-0.25, -0.2) is 0 Å². The molecule has 0 saturated carbocycles. The van der Waals surface area contributed by atoms with Crippen LogP contribution in [0.4, 0.5) is 11.4 Å². The fraction of sp³-hybridized carbons (Fsp3) is 0.700. The van der Waals surface area contributed by atoms with Crippen molar-refractivity contribution in [3.63, 3.8) is 0 Å². The van der Waals surface area contributed by atoms with E-state index in [0.717, 1.165) is 5.69 Å². The molecule has 0 unspecified atom stereocenters. The minimum absolute atomic E-state index is 0.134. The molecular formula is C20H33N5O10. The van der Waals surface area contributed by atoms with Gasteiger partial charge in [0.1, 0.15) is 42.7 Å². The molecule has 198 valence electrons. The molecule has 15 nitrogen and oxygen atoms in total. The molecule has 0 amide bonds. The van der Waals surface area contributed by atoms with Crippen molar-refractivity contribution in [1.82, 2.24) is 5.32 Å². The van der Waals surface area contributed by atoms with Crippen molar-refractivity contribution in [1.29, 1.82) is 0 Å². The zero-order chi connectivity index (χ0) is 26.0. The summed E-state index contributed by atoms with van der Waals surface area (Å²) in [5, 5.41) is 88.8. The lowest BCUT2D eigenvalue weighted by atomic mass is 9.98. The highest BCUT2D eigenvalue weighted by atomic mass is 16.7. The molecule has 2 rings (SSSR count). The van der Waals surface area contributed by atoms with Crippen LogP contribution in [0.2, 0.25) is 0 Å². The first-order valence-electron chi connectivity index (χ1n) is 10.9. The van der Waals surface area contributed by atoms with Crippen LogP contribution in [0.3, 0.4) is 0 Å². The number of nitrogens with zero attached hydrogens (tertiary/aromatic N) is 3. The maximum atomic E-state index is 10.5. The van der Waals surface area contributed by atoms with Crippen molar-refractivity contribution in [3.8, 4) is 0 Å². The number of nitrogens with one attached hydrogen (secondary N) is 2. The SMILES string of the molecule is [N-]=[N+]=Nc1ccc(NCCNC[C@H](O)[C@@H](O)[C@H](O[C@@H]2O[C@H](CO)[C@H](O)[C@H](O)[C@H]2O)[C@H](O)CO)cc1. The number of anilines is 1. The second-order valence-electron chi connectivity index (χ2n) is 7.97. The molecule has 1 aromatic rings. The molecule has 1 saturated heterocycles. The van der Waals surface area contributed by atoms with E-state index >= 15 is 0 Å². The summed E-state index contributed by atoms with van der Waals surface area (Å²) in [6.45, 7) is -0.900. The van der Waals surface area contributed by atoms with E-state index in [1.807, 2.05) is 0 Å². The molecule has 10 N–H and O–H groups in total. The summed E-state index contributed by atoms with van der Waals surface area (Å²) >= 11 is 0. The normalized spacial score (nSPS) is 27.9. The summed E-state index contributed by atoms with van der Waals surface area (Å²) in [6.07, 6.45) is -14.7. The van der Waals surface area contributed by atoms with Crippen LogP contribution in [0.25, 0.3) is 10.4 Å². The molecule has 1 fully saturated rings. The van der Waals surface area contributed by atoms with Crippen molar-refractivity contribution < 1.29 is 50.3 Å². The van der Waals surface area contributed by atoms with Crippen LogP contribution >= 0.6 is 0 Å². The van der Waals surface area contributed by atoms with E-state index in [1.54, 1.807) is 24.3 Å². The molecule has 0 spiro atoms. The molecule has 0 radical (unpaired) electrons. The number of hydrogen-bond acceptors (Lipinski definition) is 13. The van der Waals surface area contributed by atoms with Crippen molar-refractivity contribution in [2.45, 2.75) is 55.1 Å². The third-order valence-corrected chi connectivity index (χ3v) is 5.45. The van der Waals surface area contributed by atoms with Gasteiger partial charge in [0.2, 0.25) is 0 Å². The number of benzene rings is 1. The lowest BCUT2D eigenvalue weighted by molar-refractivity contribution is -0.327. The predicted octanol–water partition coefficient (Wildman–Crippen LogP) is -3.11. The van der Waals surface area contributed by atoms with E-state index in [1.165, 1.54) is 0 Å². The zero-order valence-electron chi connectivity index (χ0n) is 18.8. The van der Waals surface area contributed by atoms with Gasteiger partial charge in [0.25, 0.3) is 0 Å². The Labute approximate surface area is 200 Å². The fourth-order valence-electron chi connectivity index (χ4n) is 3.42. The number of aliphatic hydroxyl groups excluding tert-OH is 8. The van der Waals surface area contributed by atoms with Gasteiger partial charge in [0.15, 0.2) is 6.29 Å². The molecule has 0 bridgehead atoms. The Hall–Kier alpha value is -2.11.